The Morgan fingerprint density at radius 3 is 2.86 bits per heavy atom. The maximum atomic E-state index is 13.3. The van der Waals surface area contributed by atoms with Crippen LogP contribution in [0, 0.1) is 5.82 Å². The fourth-order valence-corrected chi connectivity index (χ4v) is 2.92. The van der Waals surface area contributed by atoms with Gasteiger partial charge in [0.15, 0.2) is 0 Å². The molecule has 0 saturated heterocycles. The van der Waals surface area contributed by atoms with E-state index >= 15 is 0 Å². The van der Waals surface area contributed by atoms with Crippen molar-refractivity contribution in [2.24, 2.45) is 0 Å². The highest BCUT2D eigenvalue weighted by molar-refractivity contribution is 5.95. The summed E-state index contributed by atoms with van der Waals surface area (Å²) in [4.78, 5) is 26.1. The fourth-order valence-electron chi connectivity index (χ4n) is 2.92. The Kier molecular flexibility index (Phi) is 3.79. The molecule has 0 aliphatic carbocycles. The van der Waals surface area contributed by atoms with Gasteiger partial charge in [-0.05, 0) is 37.5 Å². The van der Waals surface area contributed by atoms with Crippen LogP contribution in [-0.2, 0) is 17.8 Å². The molecule has 0 fully saturated rings. The van der Waals surface area contributed by atoms with Crippen molar-refractivity contribution in [3.8, 4) is 0 Å². The summed E-state index contributed by atoms with van der Waals surface area (Å²) in [6.07, 6.45) is 2.88. The van der Waals surface area contributed by atoms with Crippen molar-refractivity contribution >= 4 is 11.6 Å². The largest absolute Gasteiger partial charge is 0.308 e. The Hall–Kier alpha value is -2.43. The molecule has 1 amide bonds. The first-order valence-electron chi connectivity index (χ1n) is 7.32. The SMILES string of the molecule is C[C@@H]1CCc2ccccc2N1C(=O)Cn1cc(F)ccc1=O. The zero-order valence-corrected chi connectivity index (χ0v) is 12.3. The van der Waals surface area contributed by atoms with Gasteiger partial charge in [-0.15, -0.1) is 0 Å². The second-order valence-electron chi connectivity index (χ2n) is 5.59. The molecule has 2 aromatic rings. The Morgan fingerprint density at radius 1 is 1.27 bits per heavy atom. The first-order valence-corrected chi connectivity index (χ1v) is 7.32. The zero-order valence-electron chi connectivity index (χ0n) is 12.3. The molecule has 0 N–H and O–H groups in total. The first kappa shape index (κ1) is 14.5. The number of nitrogens with zero attached hydrogens (tertiary/aromatic N) is 2. The second kappa shape index (κ2) is 5.75. The van der Waals surface area contributed by atoms with Crippen molar-refractivity contribution in [3.63, 3.8) is 0 Å². The van der Waals surface area contributed by atoms with Gasteiger partial charge in [0.05, 0.1) is 0 Å². The molecule has 114 valence electrons. The van der Waals surface area contributed by atoms with E-state index in [0.29, 0.717) is 0 Å². The number of carbonyl (C=O) groups excluding carboxylic acids is 1. The van der Waals surface area contributed by atoms with E-state index in [1.165, 1.54) is 0 Å². The Balaban J connectivity index is 1.92. The number of carbonyl (C=O) groups is 1. The minimum Gasteiger partial charge on any atom is -0.308 e. The molecule has 1 aromatic carbocycles. The van der Waals surface area contributed by atoms with Gasteiger partial charge in [-0.2, -0.15) is 0 Å². The number of pyridine rings is 1. The van der Waals surface area contributed by atoms with E-state index in [9.17, 15) is 14.0 Å². The summed E-state index contributed by atoms with van der Waals surface area (Å²) in [5.74, 6) is -0.730. The van der Waals surface area contributed by atoms with Crippen LogP contribution in [0.25, 0.3) is 0 Å². The molecule has 2 heterocycles. The average molecular weight is 300 g/mol. The monoisotopic (exact) mass is 300 g/mol. The first-order chi connectivity index (χ1) is 10.6. The van der Waals surface area contributed by atoms with Crippen LogP contribution >= 0.6 is 0 Å². The lowest BCUT2D eigenvalue weighted by Crippen LogP contribution is -2.44. The van der Waals surface area contributed by atoms with Gasteiger partial charge in [0, 0.05) is 24.0 Å². The van der Waals surface area contributed by atoms with Crippen LogP contribution in [0.1, 0.15) is 18.9 Å². The Bertz CT molecular complexity index is 769. The second-order valence-corrected chi connectivity index (χ2v) is 5.59. The lowest BCUT2D eigenvalue weighted by atomic mass is 9.96. The number of hydrogen-bond donors (Lipinski definition) is 0. The van der Waals surface area contributed by atoms with Gasteiger partial charge in [-0.25, -0.2) is 4.39 Å². The van der Waals surface area contributed by atoms with Crippen LogP contribution in [0.2, 0.25) is 0 Å². The van der Waals surface area contributed by atoms with Crippen LogP contribution in [0.3, 0.4) is 0 Å². The molecular weight excluding hydrogens is 283 g/mol. The van der Waals surface area contributed by atoms with E-state index in [1.807, 2.05) is 31.2 Å². The van der Waals surface area contributed by atoms with Crippen molar-refractivity contribution < 1.29 is 9.18 Å². The van der Waals surface area contributed by atoms with Gasteiger partial charge in [-0.3, -0.25) is 9.59 Å². The summed E-state index contributed by atoms with van der Waals surface area (Å²) in [6.45, 7) is 1.83. The molecule has 0 radical (unpaired) electrons. The highest BCUT2D eigenvalue weighted by Crippen LogP contribution is 2.30. The van der Waals surface area contributed by atoms with Crippen molar-refractivity contribution in [1.82, 2.24) is 4.57 Å². The lowest BCUT2D eigenvalue weighted by molar-refractivity contribution is -0.119. The quantitative estimate of drug-likeness (QED) is 0.854. The Morgan fingerprint density at radius 2 is 2.05 bits per heavy atom. The number of benzene rings is 1. The van der Waals surface area contributed by atoms with Crippen LogP contribution < -0.4 is 10.5 Å². The number of amides is 1. The predicted octanol–water partition coefficient (Wildman–Crippen LogP) is 2.36. The van der Waals surface area contributed by atoms with Gasteiger partial charge < -0.3 is 9.47 Å². The zero-order chi connectivity index (χ0) is 15.7. The van der Waals surface area contributed by atoms with Gasteiger partial charge in [0.1, 0.15) is 12.4 Å². The third-order valence-electron chi connectivity index (χ3n) is 4.05. The third-order valence-corrected chi connectivity index (χ3v) is 4.05. The summed E-state index contributed by atoms with van der Waals surface area (Å²) in [7, 11) is 0. The molecule has 3 rings (SSSR count). The topological polar surface area (TPSA) is 42.3 Å². The van der Waals surface area contributed by atoms with E-state index in [2.05, 4.69) is 0 Å². The molecule has 1 atom stereocenters. The molecule has 1 aliphatic heterocycles. The maximum Gasteiger partial charge on any atom is 0.251 e. The van der Waals surface area contributed by atoms with Crippen LogP contribution in [0.15, 0.2) is 47.4 Å². The van der Waals surface area contributed by atoms with Gasteiger partial charge >= 0.3 is 0 Å². The number of halogens is 1. The average Bonchev–Trinajstić information content (AvgIpc) is 2.50. The number of hydrogen-bond acceptors (Lipinski definition) is 2. The number of para-hydroxylation sites is 1. The molecular formula is C17H17FN2O2. The van der Waals surface area contributed by atoms with Crippen molar-refractivity contribution in [2.45, 2.75) is 32.4 Å². The molecule has 0 spiro atoms. The van der Waals surface area contributed by atoms with E-state index in [1.54, 1.807) is 4.90 Å². The molecule has 5 heteroatoms. The van der Waals surface area contributed by atoms with Gasteiger partial charge in [0.25, 0.3) is 5.56 Å². The molecule has 0 bridgehead atoms. The third kappa shape index (κ3) is 2.66. The number of aromatic nitrogens is 1. The maximum absolute atomic E-state index is 13.3. The normalized spacial score (nSPS) is 17.2. The van der Waals surface area contributed by atoms with Crippen LogP contribution in [0.4, 0.5) is 10.1 Å². The molecule has 1 aliphatic rings. The highest BCUT2D eigenvalue weighted by atomic mass is 19.1. The Labute approximate surface area is 127 Å². The van der Waals surface area contributed by atoms with E-state index in [-0.39, 0.29) is 24.1 Å². The molecule has 1 aromatic heterocycles. The van der Waals surface area contributed by atoms with Crippen LogP contribution in [-0.4, -0.2) is 16.5 Å². The van der Waals surface area contributed by atoms with Gasteiger partial charge in [0.2, 0.25) is 5.91 Å². The minimum absolute atomic E-state index is 0.0617. The van der Waals surface area contributed by atoms with Crippen molar-refractivity contribution in [1.29, 1.82) is 0 Å². The summed E-state index contributed by atoms with van der Waals surface area (Å²) in [6, 6.07) is 10.1. The lowest BCUT2D eigenvalue weighted by Gasteiger charge is -2.35. The fraction of sp³-hybridized carbons (Fsp3) is 0.294. The number of fused-ring (bicyclic) bond motifs is 1. The summed E-state index contributed by atoms with van der Waals surface area (Å²) < 4.78 is 14.4. The van der Waals surface area contributed by atoms with E-state index < -0.39 is 5.82 Å². The van der Waals surface area contributed by atoms with Crippen molar-refractivity contribution in [2.75, 3.05) is 4.90 Å². The summed E-state index contributed by atoms with van der Waals surface area (Å²) in [5.41, 5.74) is 1.63. The standard InChI is InChI=1S/C17H17FN2O2/c1-12-6-7-13-4-2-3-5-15(13)20(12)17(22)11-19-10-14(18)8-9-16(19)21/h2-5,8-10,12H,6-7,11H2,1H3/t12-/m1/s1. The number of anilines is 1. The summed E-state index contributed by atoms with van der Waals surface area (Å²) >= 11 is 0. The molecule has 0 saturated carbocycles. The smallest absolute Gasteiger partial charge is 0.251 e. The number of rotatable bonds is 2. The molecule has 0 unspecified atom stereocenters. The van der Waals surface area contributed by atoms with E-state index in [0.717, 1.165) is 47.0 Å². The van der Waals surface area contributed by atoms with Crippen molar-refractivity contribution in [3.05, 3.63) is 64.3 Å². The predicted molar refractivity (Wildman–Crippen MR) is 82.4 cm³/mol. The van der Waals surface area contributed by atoms with Crippen LogP contribution in [0.5, 0.6) is 0 Å². The van der Waals surface area contributed by atoms with Gasteiger partial charge in [-0.1, -0.05) is 18.2 Å². The highest BCUT2D eigenvalue weighted by Gasteiger charge is 2.28. The molecule has 22 heavy (non-hydrogen) atoms. The minimum atomic E-state index is -0.528. The number of aryl methyl sites for hydroxylation is 1. The summed E-state index contributed by atoms with van der Waals surface area (Å²) in [5, 5.41) is 0. The van der Waals surface area contributed by atoms with E-state index in [4.69, 9.17) is 0 Å². The molecule has 4 nitrogen and oxygen atoms in total.